The number of para-hydroxylation sites is 1. The highest BCUT2D eigenvalue weighted by Crippen LogP contribution is 2.17. The molecule has 0 amide bonds. The summed E-state index contributed by atoms with van der Waals surface area (Å²) >= 11 is 5.94. The SMILES string of the molecule is Nc1ccnn(-c2ccccc2Cl)c1=O. The van der Waals surface area contributed by atoms with Gasteiger partial charge in [-0.2, -0.15) is 9.78 Å². The number of halogens is 1. The van der Waals surface area contributed by atoms with Gasteiger partial charge in [0.05, 0.1) is 16.9 Å². The number of nitrogens with two attached hydrogens (primary N) is 1. The molecule has 0 unspecified atom stereocenters. The minimum Gasteiger partial charge on any atom is -0.394 e. The summed E-state index contributed by atoms with van der Waals surface area (Å²) in [5.41, 5.74) is 5.79. The van der Waals surface area contributed by atoms with Gasteiger partial charge in [0.2, 0.25) is 0 Å². The Morgan fingerprint density at radius 2 is 2.00 bits per heavy atom. The Kier molecular flexibility index (Phi) is 2.43. The molecule has 1 aromatic carbocycles. The van der Waals surface area contributed by atoms with Crippen LogP contribution in [0.5, 0.6) is 0 Å². The Morgan fingerprint density at radius 3 is 2.73 bits per heavy atom. The van der Waals surface area contributed by atoms with Crippen molar-refractivity contribution in [3.63, 3.8) is 0 Å². The molecule has 0 bridgehead atoms. The lowest BCUT2D eigenvalue weighted by atomic mass is 10.3. The summed E-state index contributed by atoms with van der Waals surface area (Å²) in [6.07, 6.45) is 1.46. The Labute approximate surface area is 90.9 Å². The Hall–Kier alpha value is -1.81. The van der Waals surface area contributed by atoms with E-state index in [0.717, 1.165) is 0 Å². The first kappa shape index (κ1) is 9.73. The van der Waals surface area contributed by atoms with Crippen molar-refractivity contribution in [3.8, 4) is 5.69 Å². The summed E-state index contributed by atoms with van der Waals surface area (Å²) < 4.78 is 1.18. The van der Waals surface area contributed by atoms with Gasteiger partial charge in [-0.15, -0.1) is 0 Å². The van der Waals surface area contributed by atoms with Crippen LogP contribution < -0.4 is 11.3 Å². The van der Waals surface area contributed by atoms with Crippen LogP contribution in [-0.4, -0.2) is 9.78 Å². The quantitative estimate of drug-likeness (QED) is 0.793. The monoisotopic (exact) mass is 221 g/mol. The lowest BCUT2D eigenvalue weighted by molar-refractivity contribution is 0.811. The fourth-order valence-electron chi connectivity index (χ4n) is 1.22. The van der Waals surface area contributed by atoms with Gasteiger partial charge in [-0.1, -0.05) is 23.7 Å². The van der Waals surface area contributed by atoms with Crippen molar-refractivity contribution >= 4 is 17.3 Å². The number of benzene rings is 1. The van der Waals surface area contributed by atoms with Crippen LogP contribution in [0, 0.1) is 0 Å². The van der Waals surface area contributed by atoms with Crippen molar-refractivity contribution in [1.82, 2.24) is 9.78 Å². The predicted octanol–water partition coefficient (Wildman–Crippen LogP) is 1.47. The molecule has 76 valence electrons. The van der Waals surface area contributed by atoms with Crippen LogP contribution in [0.2, 0.25) is 5.02 Å². The molecule has 0 aliphatic carbocycles. The van der Waals surface area contributed by atoms with Crippen LogP contribution in [0.15, 0.2) is 41.3 Å². The van der Waals surface area contributed by atoms with Crippen molar-refractivity contribution < 1.29 is 0 Å². The third-order valence-electron chi connectivity index (χ3n) is 1.96. The predicted molar refractivity (Wildman–Crippen MR) is 59.3 cm³/mol. The van der Waals surface area contributed by atoms with E-state index in [9.17, 15) is 4.79 Å². The average Bonchev–Trinajstić information content (AvgIpc) is 2.23. The number of aromatic nitrogens is 2. The van der Waals surface area contributed by atoms with Crippen LogP contribution in [-0.2, 0) is 0 Å². The molecule has 15 heavy (non-hydrogen) atoms. The van der Waals surface area contributed by atoms with Crippen molar-refractivity contribution in [1.29, 1.82) is 0 Å². The van der Waals surface area contributed by atoms with Crippen molar-refractivity contribution in [2.75, 3.05) is 5.73 Å². The van der Waals surface area contributed by atoms with E-state index >= 15 is 0 Å². The molecule has 0 radical (unpaired) electrons. The van der Waals surface area contributed by atoms with E-state index in [0.29, 0.717) is 10.7 Å². The number of anilines is 1. The van der Waals surface area contributed by atoms with E-state index in [1.807, 2.05) is 0 Å². The number of nitrogen functional groups attached to an aromatic ring is 1. The topological polar surface area (TPSA) is 60.9 Å². The summed E-state index contributed by atoms with van der Waals surface area (Å²) in [6, 6.07) is 8.40. The van der Waals surface area contributed by atoms with Crippen LogP contribution in [0.25, 0.3) is 5.69 Å². The van der Waals surface area contributed by atoms with Gasteiger partial charge in [-0.05, 0) is 18.2 Å². The summed E-state index contributed by atoms with van der Waals surface area (Å²) in [6.45, 7) is 0. The third-order valence-corrected chi connectivity index (χ3v) is 2.28. The Bertz CT molecular complexity index is 550. The van der Waals surface area contributed by atoms with Crippen LogP contribution >= 0.6 is 11.6 Å². The second-order valence-corrected chi connectivity index (χ2v) is 3.36. The summed E-state index contributed by atoms with van der Waals surface area (Å²) in [7, 11) is 0. The maximum absolute atomic E-state index is 11.6. The minimum atomic E-state index is -0.370. The summed E-state index contributed by atoms with van der Waals surface area (Å²) in [4.78, 5) is 11.6. The van der Waals surface area contributed by atoms with Gasteiger partial charge in [-0.25, -0.2) is 0 Å². The molecule has 0 fully saturated rings. The van der Waals surface area contributed by atoms with E-state index in [1.165, 1.54) is 16.9 Å². The molecule has 2 rings (SSSR count). The molecular formula is C10H8ClN3O. The fourth-order valence-corrected chi connectivity index (χ4v) is 1.44. The molecule has 4 nitrogen and oxygen atoms in total. The highest BCUT2D eigenvalue weighted by Gasteiger charge is 2.06. The molecule has 0 saturated heterocycles. The van der Waals surface area contributed by atoms with Crippen LogP contribution in [0.3, 0.4) is 0 Å². The highest BCUT2D eigenvalue weighted by molar-refractivity contribution is 6.32. The third kappa shape index (κ3) is 1.71. The molecule has 2 aromatic rings. The van der Waals surface area contributed by atoms with E-state index in [1.54, 1.807) is 24.3 Å². The number of nitrogens with zero attached hydrogens (tertiary/aromatic N) is 2. The zero-order valence-electron chi connectivity index (χ0n) is 7.72. The van der Waals surface area contributed by atoms with Gasteiger partial charge >= 0.3 is 0 Å². The van der Waals surface area contributed by atoms with E-state index in [2.05, 4.69) is 5.10 Å². The number of hydrogen-bond donors (Lipinski definition) is 1. The second kappa shape index (κ2) is 3.74. The molecule has 0 atom stereocenters. The highest BCUT2D eigenvalue weighted by atomic mass is 35.5. The zero-order chi connectivity index (χ0) is 10.8. The van der Waals surface area contributed by atoms with Crippen LogP contribution in [0.4, 0.5) is 5.69 Å². The lowest BCUT2D eigenvalue weighted by Crippen LogP contribution is -2.23. The standard InChI is InChI=1S/C10H8ClN3O/c11-7-3-1-2-4-9(7)14-10(15)8(12)5-6-13-14/h1-6H,12H2. The van der Waals surface area contributed by atoms with Crippen molar-refractivity contribution in [2.45, 2.75) is 0 Å². The van der Waals surface area contributed by atoms with Gasteiger partial charge < -0.3 is 5.73 Å². The first-order chi connectivity index (χ1) is 7.20. The van der Waals surface area contributed by atoms with E-state index < -0.39 is 0 Å². The van der Waals surface area contributed by atoms with Crippen molar-refractivity contribution in [3.05, 3.63) is 51.9 Å². The molecule has 0 aliphatic rings. The second-order valence-electron chi connectivity index (χ2n) is 2.95. The first-order valence-electron chi connectivity index (χ1n) is 4.29. The Balaban J connectivity index is 2.70. The maximum Gasteiger partial charge on any atom is 0.294 e. The van der Waals surface area contributed by atoms with Gasteiger partial charge in [0.1, 0.15) is 5.69 Å². The molecule has 0 saturated carbocycles. The molecule has 5 heteroatoms. The Morgan fingerprint density at radius 1 is 1.27 bits per heavy atom. The summed E-state index contributed by atoms with van der Waals surface area (Å²) in [5, 5.41) is 4.37. The van der Waals surface area contributed by atoms with Gasteiger partial charge in [0, 0.05) is 0 Å². The normalized spacial score (nSPS) is 10.2. The summed E-state index contributed by atoms with van der Waals surface area (Å²) in [5.74, 6) is 0. The van der Waals surface area contributed by atoms with Crippen LogP contribution in [0.1, 0.15) is 0 Å². The number of rotatable bonds is 1. The van der Waals surface area contributed by atoms with Gasteiger partial charge in [0.25, 0.3) is 5.56 Å². The minimum absolute atomic E-state index is 0.143. The zero-order valence-corrected chi connectivity index (χ0v) is 8.48. The lowest BCUT2D eigenvalue weighted by Gasteiger charge is -2.05. The average molecular weight is 222 g/mol. The first-order valence-corrected chi connectivity index (χ1v) is 4.66. The van der Waals surface area contributed by atoms with E-state index in [4.69, 9.17) is 17.3 Å². The molecule has 0 spiro atoms. The van der Waals surface area contributed by atoms with E-state index in [-0.39, 0.29) is 11.2 Å². The molecule has 1 aromatic heterocycles. The smallest absolute Gasteiger partial charge is 0.294 e. The molecule has 0 aliphatic heterocycles. The number of hydrogen-bond acceptors (Lipinski definition) is 3. The molecule has 1 heterocycles. The largest absolute Gasteiger partial charge is 0.394 e. The van der Waals surface area contributed by atoms with Crippen molar-refractivity contribution in [2.24, 2.45) is 0 Å². The fraction of sp³-hybridized carbons (Fsp3) is 0. The van der Waals surface area contributed by atoms with Gasteiger partial charge in [0.15, 0.2) is 0 Å². The molecule has 2 N–H and O–H groups in total. The van der Waals surface area contributed by atoms with Gasteiger partial charge in [-0.3, -0.25) is 4.79 Å². The maximum atomic E-state index is 11.6. The molecular weight excluding hydrogens is 214 g/mol.